The highest BCUT2D eigenvalue weighted by atomic mass is 16.5. The molecule has 29 heavy (non-hydrogen) atoms. The van der Waals surface area contributed by atoms with Crippen LogP contribution in [0.25, 0.3) is 11.1 Å². The topological polar surface area (TPSA) is 78.9 Å². The van der Waals surface area contributed by atoms with E-state index >= 15 is 0 Å². The molecular weight excluding hydrogens is 368 g/mol. The first-order valence-corrected chi connectivity index (χ1v) is 10.1. The standard InChI is InChI=1S/C23H28N2O4/c1-3-25(15-22(26)27)19-13-18(14-19)24-23(28)17-9-7-8-16(12-17)20-10-5-6-11-21(20)29-4-2/h5-12,18-19H,3-4,13-15H2,1-2H3,(H,24,28)(H,26,27). The first-order valence-electron chi connectivity index (χ1n) is 10.1. The third kappa shape index (κ3) is 5.15. The number of para-hydroxylation sites is 1. The maximum Gasteiger partial charge on any atom is 0.317 e. The highest BCUT2D eigenvalue weighted by Gasteiger charge is 2.34. The van der Waals surface area contributed by atoms with E-state index in [1.54, 1.807) is 6.07 Å². The highest BCUT2D eigenvalue weighted by molar-refractivity contribution is 5.96. The van der Waals surface area contributed by atoms with Crippen molar-refractivity contribution in [1.29, 1.82) is 0 Å². The Hall–Kier alpha value is -2.86. The highest BCUT2D eigenvalue weighted by Crippen LogP contribution is 2.31. The summed E-state index contributed by atoms with van der Waals surface area (Å²) in [4.78, 5) is 25.6. The third-order valence-electron chi connectivity index (χ3n) is 5.33. The molecule has 154 valence electrons. The summed E-state index contributed by atoms with van der Waals surface area (Å²) in [5.41, 5.74) is 2.50. The predicted octanol–water partition coefficient (Wildman–Crippen LogP) is 3.42. The van der Waals surface area contributed by atoms with Crippen LogP contribution in [0.15, 0.2) is 48.5 Å². The van der Waals surface area contributed by atoms with Gasteiger partial charge in [-0.25, -0.2) is 0 Å². The Labute approximate surface area is 171 Å². The van der Waals surface area contributed by atoms with Gasteiger partial charge in [-0.1, -0.05) is 37.3 Å². The maximum atomic E-state index is 12.7. The lowest BCUT2D eigenvalue weighted by Crippen LogP contribution is -2.54. The van der Waals surface area contributed by atoms with Gasteiger partial charge in [0.15, 0.2) is 0 Å². The van der Waals surface area contributed by atoms with Gasteiger partial charge in [0.05, 0.1) is 13.2 Å². The largest absolute Gasteiger partial charge is 0.493 e. The zero-order valence-electron chi connectivity index (χ0n) is 16.9. The minimum atomic E-state index is -0.816. The van der Waals surface area contributed by atoms with E-state index in [0.29, 0.717) is 18.7 Å². The molecule has 1 amide bonds. The van der Waals surface area contributed by atoms with Gasteiger partial charge in [0.2, 0.25) is 0 Å². The Morgan fingerprint density at radius 1 is 1.14 bits per heavy atom. The van der Waals surface area contributed by atoms with Crippen LogP contribution in [0, 0.1) is 0 Å². The summed E-state index contributed by atoms with van der Waals surface area (Å²) in [7, 11) is 0. The second-order valence-corrected chi connectivity index (χ2v) is 7.26. The molecule has 3 rings (SSSR count). The number of carboxylic acids is 1. The number of amides is 1. The van der Waals surface area contributed by atoms with E-state index in [0.717, 1.165) is 29.7 Å². The molecule has 0 aliphatic heterocycles. The number of hydrogen-bond acceptors (Lipinski definition) is 4. The third-order valence-corrected chi connectivity index (χ3v) is 5.33. The molecule has 0 atom stereocenters. The Morgan fingerprint density at radius 2 is 1.90 bits per heavy atom. The molecule has 0 unspecified atom stereocenters. The lowest BCUT2D eigenvalue weighted by atomic mass is 9.85. The molecule has 6 nitrogen and oxygen atoms in total. The number of nitrogens with one attached hydrogen (secondary N) is 1. The van der Waals surface area contributed by atoms with E-state index in [1.807, 2.05) is 61.2 Å². The van der Waals surface area contributed by atoms with Crippen LogP contribution in [0.3, 0.4) is 0 Å². The molecule has 1 saturated carbocycles. The molecule has 1 aliphatic carbocycles. The molecular formula is C23H28N2O4. The Balaban J connectivity index is 1.63. The summed E-state index contributed by atoms with van der Waals surface area (Å²) >= 11 is 0. The number of carbonyl (C=O) groups excluding carboxylic acids is 1. The summed E-state index contributed by atoms with van der Waals surface area (Å²) < 4.78 is 5.71. The van der Waals surface area contributed by atoms with Crippen molar-refractivity contribution in [2.24, 2.45) is 0 Å². The van der Waals surface area contributed by atoms with E-state index in [9.17, 15) is 9.59 Å². The molecule has 0 saturated heterocycles. The average molecular weight is 396 g/mol. The molecule has 0 spiro atoms. The van der Waals surface area contributed by atoms with Gasteiger partial charge >= 0.3 is 5.97 Å². The predicted molar refractivity (Wildman–Crippen MR) is 112 cm³/mol. The van der Waals surface area contributed by atoms with Gasteiger partial charge in [0.1, 0.15) is 5.75 Å². The van der Waals surface area contributed by atoms with Gasteiger partial charge < -0.3 is 15.2 Å². The van der Waals surface area contributed by atoms with Crippen LogP contribution < -0.4 is 10.1 Å². The number of benzene rings is 2. The number of aliphatic carboxylic acids is 1. The molecule has 1 aliphatic rings. The van der Waals surface area contributed by atoms with Gasteiger partial charge in [-0.2, -0.15) is 0 Å². The van der Waals surface area contributed by atoms with E-state index in [-0.39, 0.29) is 24.5 Å². The summed E-state index contributed by atoms with van der Waals surface area (Å²) in [5, 5.41) is 12.1. The van der Waals surface area contributed by atoms with Crippen LogP contribution in [-0.4, -0.2) is 53.7 Å². The Morgan fingerprint density at radius 3 is 2.59 bits per heavy atom. The molecule has 0 radical (unpaired) electrons. The number of likely N-dealkylation sites (N-methyl/N-ethyl adjacent to an activating group) is 1. The fourth-order valence-corrected chi connectivity index (χ4v) is 3.76. The zero-order chi connectivity index (χ0) is 20.8. The van der Waals surface area contributed by atoms with Gasteiger partial charge in [0.25, 0.3) is 5.91 Å². The van der Waals surface area contributed by atoms with E-state index in [1.165, 1.54) is 0 Å². The lowest BCUT2D eigenvalue weighted by molar-refractivity contribution is -0.139. The summed E-state index contributed by atoms with van der Waals surface area (Å²) in [5.74, 6) is -0.124. The van der Waals surface area contributed by atoms with Crippen molar-refractivity contribution < 1.29 is 19.4 Å². The summed E-state index contributed by atoms with van der Waals surface area (Å²) in [6, 6.07) is 15.6. The minimum absolute atomic E-state index is 0.0448. The van der Waals surface area contributed by atoms with Crippen LogP contribution >= 0.6 is 0 Å². The fraction of sp³-hybridized carbons (Fsp3) is 0.391. The van der Waals surface area contributed by atoms with Crippen molar-refractivity contribution in [3.63, 3.8) is 0 Å². The molecule has 2 aromatic rings. The van der Waals surface area contributed by atoms with Crippen molar-refractivity contribution in [2.75, 3.05) is 19.7 Å². The first-order chi connectivity index (χ1) is 14.0. The van der Waals surface area contributed by atoms with Crippen molar-refractivity contribution in [3.8, 4) is 16.9 Å². The normalized spacial score (nSPS) is 18.2. The van der Waals surface area contributed by atoms with Gasteiger partial charge in [0, 0.05) is 23.2 Å². The molecule has 0 aromatic heterocycles. The molecule has 6 heteroatoms. The molecule has 0 bridgehead atoms. The lowest BCUT2D eigenvalue weighted by Gasteiger charge is -2.42. The number of carbonyl (C=O) groups is 2. The van der Waals surface area contributed by atoms with Crippen LogP contribution in [-0.2, 0) is 4.79 Å². The van der Waals surface area contributed by atoms with Gasteiger partial charge in [-0.15, -0.1) is 0 Å². The van der Waals surface area contributed by atoms with Crippen LogP contribution in [0.5, 0.6) is 5.75 Å². The fourth-order valence-electron chi connectivity index (χ4n) is 3.76. The van der Waals surface area contributed by atoms with Crippen molar-refractivity contribution >= 4 is 11.9 Å². The number of rotatable bonds is 9. The van der Waals surface area contributed by atoms with E-state index < -0.39 is 5.97 Å². The maximum absolute atomic E-state index is 12.7. The van der Waals surface area contributed by atoms with Crippen molar-refractivity contribution in [2.45, 2.75) is 38.8 Å². The van der Waals surface area contributed by atoms with Crippen LogP contribution in [0.1, 0.15) is 37.0 Å². The second-order valence-electron chi connectivity index (χ2n) is 7.26. The molecule has 2 aromatic carbocycles. The van der Waals surface area contributed by atoms with Crippen LogP contribution in [0.2, 0.25) is 0 Å². The van der Waals surface area contributed by atoms with Gasteiger partial charge in [-0.3, -0.25) is 14.5 Å². The van der Waals surface area contributed by atoms with Crippen LogP contribution in [0.4, 0.5) is 0 Å². The van der Waals surface area contributed by atoms with Crippen molar-refractivity contribution in [3.05, 3.63) is 54.1 Å². The van der Waals surface area contributed by atoms with Gasteiger partial charge in [-0.05, 0) is 50.1 Å². The SMILES string of the molecule is CCOc1ccccc1-c1cccc(C(=O)NC2CC(N(CC)CC(=O)O)C2)c1. The summed E-state index contributed by atoms with van der Waals surface area (Å²) in [6.45, 7) is 5.22. The van der Waals surface area contributed by atoms with E-state index in [2.05, 4.69) is 5.32 Å². The number of hydrogen-bond donors (Lipinski definition) is 2. The van der Waals surface area contributed by atoms with E-state index in [4.69, 9.17) is 9.84 Å². The quantitative estimate of drug-likeness (QED) is 0.679. The number of ether oxygens (including phenoxy) is 1. The minimum Gasteiger partial charge on any atom is -0.493 e. The first kappa shape index (κ1) is 20.9. The summed E-state index contributed by atoms with van der Waals surface area (Å²) in [6.07, 6.45) is 1.56. The molecule has 1 fully saturated rings. The Kier molecular flexibility index (Phi) is 6.88. The van der Waals surface area contributed by atoms with Crippen molar-refractivity contribution in [1.82, 2.24) is 10.2 Å². The molecule has 0 heterocycles. The average Bonchev–Trinajstić information content (AvgIpc) is 2.69. The molecule has 2 N–H and O–H groups in total. The second kappa shape index (κ2) is 9.56. The smallest absolute Gasteiger partial charge is 0.317 e. The zero-order valence-corrected chi connectivity index (χ0v) is 16.9. The Bertz CT molecular complexity index is 861. The monoisotopic (exact) mass is 396 g/mol. The number of nitrogens with zero attached hydrogens (tertiary/aromatic N) is 1. The number of carboxylic acid groups (broad SMARTS) is 1.